The molecule has 3 aromatic carbocycles. The second-order valence-electron chi connectivity index (χ2n) is 6.36. The molecular formula is C24H17N2O+. The normalized spacial score (nSPS) is 10.5. The van der Waals surface area contributed by atoms with Gasteiger partial charge < -0.3 is 0 Å². The van der Waals surface area contributed by atoms with Crippen molar-refractivity contribution in [2.45, 2.75) is 6.54 Å². The van der Waals surface area contributed by atoms with Gasteiger partial charge in [0.05, 0.1) is 17.0 Å². The molecule has 1 heterocycles. The first-order valence-electron chi connectivity index (χ1n) is 8.76. The summed E-state index contributed by atoms with van der Waals surface area (Å²) in [5, 5.41) is 11.3. The standard InChI is InChI=1S/C24H17N2O/c25-16-18-10-12-21(13-11-18)24-22-9-5-4-6-19(22)14-15-26(24)17-23(27)20-7-2-1-3-8-20/h1-15H,17H2/q+1. The van der Waals surface area contributed by atoms with Gasteiger partial charge in [-0.15, -0.1) is 0 Å². The zero-order chi connectivity index (χ0) is 18.6. The minimum absolute atomic E-state index is 0.0609. The molecule has 0 radical (unpaired) electrons. The minimum Gasteiger partial charge on any atom is -0.287 e. The smallest absolute Gasteiger partial charge is 0.227 e. The van der Waals surface area contributed by atoms with Gasteiger partial charge in [0.15, 0.2) is 6.20 Å². The van der Waals surface area contributed by atoms with E-state index in [0.29, 0.717) is 11.1 Å². The van der Waals surface area contributed by atoms with E-state index in [1.807, 2.05) is 71.4 Å². The third-order valence-electron chi connectivity index (χ3n) is 4.63. The van der Waals surface area contributed by atoms with E-state index in [9.17, 15) is 4.79 Å². The Labute approximate surface area is 157 Å². The van der Waals surface area contributed by atoms with Crippen molar-refractivity contribution < 1.29 is 9.36 Å². The summed E-state index contributed by atoms with van der Waals surface area (Å²) in [6.07, 6.45) is 1.96. The molecule has 0 spiro atoms. The first-order chi connectivity index (χ1) is 13.3. The van der Waals surface area contributed by atoms with Crippen LogP contribution in [0.5, 0.6) is 0 Å². The molecule has 0 bridgehead atoms. The van der Waals surface area contributed by atoms with E-state index in [1.54, 1.807) is 12.1 Å². The number of hydrogen-bond acceptors (Lipinski definition) is 2. The Kier molecular flexibility index (Phi) is 4.47. The Hall–Kier alpha value is -3.77. The molecule has 0 fully saturated rings. The largest absolute Gasteiger partial charge is 0.287 e. The van der Waals surface area contributed by atoms with Crippen molar-refractivity contribution in [2.24, 2.45) is 0 Å². The van der Waals surface area contributed by atoms with E-state index >= 15 is 0 Å². The van der Waals surface area contributed by atoms with E-state index in [2.05, 4.69) is 18.2 Å². The first kappa shape index (κ1) is 16.7. The SMILES string of the molecule is N#Cc1ccc(-c2c3ccccc3cc[n+]2CC(=O)c2ccccc2)cc1. The topological polar surface area (TPSA) is 44.7 Å². The number of pyridine rings is 1. The van der Waals surface area contributed by atoms with Gasteiger partial charge in [0.2, 0.25) is 18.0 Å². The summed E-state index contributed by atoms with van der Waals surface area (Å²) in [6, 6.07) is 29.1. The van der Waals surface area contributed by atoms with Gasteiger partial charge in [0.1, 0.15) is 0 Å². The van der Waals surface area contributed by atoms with Gasteiger partial charge in [0, 0.05) is 17.2 Å². The molecule has 1 aromatic heterocycles. The summed E-state index contributed by atoms with van der Waals surface area (Å²) in [5.41, 5.74) is 3.27. The maximum absolute atomic E-state index is 12.8. The fourth-order valence-electron chi connectivity index (χ4n) is 3.28. The predicted molar refractivity (Wildman–Crippen MR) is 105 cm³/mol. The number of hydrogen-bond donors (Lipinski definition) is 0. The highest BCUT2D eigenvalue weighted by Gasteiger charge is 2.21. The first-order valence-corrected chi connectivity index (χ1v) is 8.76. The van der Waals surface area contributed by atoms with Gasteiger partial charge >= 0.3 is 0 Å². The fraction of sp³-hybridized carbons (Fsp3) is 0.0417. The van der Waals surface area contributed by atoms with Crippen molar-refractivity contribution in [3.05, 3.63) is 102 Å². The Morgan fingerprint density at radius 3 is 2.30 bits per heavy atom. The van der Waals surface area contributed by atoms with Crippen molar-refractivity contribution in [3.63, 3.8) is 0 Å². The van der Waals surface area contributed by atoms with E-state index in [-0.39, 0.29) is 12.3 Å². The number of rotatable bonds is 4. The van der Waals surface area contributed by atoms with Gasteiger partial charge in [-0.05, 0) is 35.7 Å². The number of nitriles is 1. The van der Waals surface area contributed by atoms with E-state index < -0.39 is 0 Å². The molecule has 0 aliphatic carbocycles. The number of fused-ring (bicyclic) bond motifs is 1. The van der Waals surface area contributed by atoms with Gasteiger partial charge in [-0.2, -0.15) is 9.83 Å². The Bertz CT molecular complexity index is 1160. The number of carbonyl (C=O) groups excluding carboxylic acids is 1. The molecule has 0 unspecified atom stereocenters. The minimum atomic E-state index is 0.0609. The Balaban J connectivity index is 1.85. The van der Waals surface area contributed by atoms with Crippen molar-refractivity contribution in [1.82, 2.24) is 0 Å². The average Bonchev–Trinajstić information content (AvgIpc) is 2.74. The zero-order valence-electron chi connectivity index (χ0n) is 14.7. The zero-order valence-corrected chi connectivity index (χ0v) is 14.7. The van der Waals surface area contributed by atoms with Crippen molar-refractivity contribution in [1.29, 1.82) is 5.26 Å². The molecule has 4 rings (SSSR count). The predicted octanol–water partition coefficient (Wildman–Crippen LogP) is 4.55. The summed E-state index contributed by atoms with van der Waals surface area (Å²) < 4.78 is 1.99. The van der Waals surface area contributed by atoms with Crippen LogP contribution < -0.4 is 4.57 Å². The lowest BCUT2D eigenvalue weighted by atomic mass is 10.0. The van der Waals surface area contributed by atoms with Crippen LogP contribution in [0.25, 0.3) is 22.0 Å². The molecule has 0 aliphatic heterocycles. The molecule has 3 heteroatoms. The average molecular weight is 349 g/mol. The van der Waals surface area contributed by atoms with Crippen LogP contribution in [0.15, 0.2) is 91.1 Å². The van der Waals surface area contributed by atoms with Gasteiger partial charge in [-0.1, -0.05) is 48.5 Å². The molecule has 0 amide bonds. The number of ketones is 1. The molecular weight excluding hydrogens is 332 g/mol. The molecule has 4 aromatic rings. The van der Waals surface area contributed by atoms with E-state index in [4.69, 9.17) is 5.26 Å². The highest BCUT2D eigenvalue weighted by molar-refractivity contribution is 5.96. The van der Waals surface area contributed by atoms with Crippen LogP contribution in [0, 0.1) is 11.3 Å². The summed E-state index contributed by atoms with van der Waals surface area (Å²) >= 11 is 0. The lowest BCUT2D eigenvalue weighted by molar-refractivity contribution is -0.671. The third kappa shape index (κ3) is 3.33. The molecule has 0 N–H and O–H groups in total. The molecule has 0 aliphatic rings. The van der Waals surface area contributed by atoms with Crippen LogP contribution in [0.1, 0.15) is 15.9 Å². The van der Waals surface area contributed by atoms with Crippen LogP contribution >= 0.6 is 0 Å². The lowest BCUT2D eigenvalue weighted by Gasteiger charge is -2.08. The molecule has 0 saturated heterocycles. The molecule has 3 nitrogen and oxygen atoms in total. The Morgan fingerprint density at radius 2 is 1.56 bits per heavy atom. The van der Waals surface area contributed by atoms with Gasteiger partial charge in [-0.3, -0.25) is 4.79 Å². The van der Waals surface area contributed by atoms with Crippen molar-refractivity contribution in [2.75, 3.05) is 0 Å². The maximum Gasteiger partial charge on any atom is 0.227 e. The highest BCUT2D eigenvalue weighted by Crippen LogP contribution is 2.25. The van der Waals surface area contributed by atoms with Crippen LogP contribution in [-0.2, 0) is 6.54 Å². The van der Waals surface area contributed by atoms with Crippen LogP contribution in [0.4, 0.5) is 0 Å². The van der Waals surface area contributed by atoms with Crippen molar-refractivity contribution >= 4 is 16.6 Å². The summed E-state index contributed by atoms with van der Waals surface area (Å²) in [7, 11) is 0. The summed E-state index contributed by atoms with van der Waals surface area (Å²) in [6.45, 7) is 0.254. The second kappa shape index (κ2) is 7.23. The van der Waals surface area contributed by atoms with E-state index in [0.717, 1.165) is 22.0 Å². The Morgan fingerprint density at radius 1 is 0.852 bits per heavy atom. The van der Waals surface area contributed by atoms with Crippen LogP contribution in [0.3, 0.4) is 0 Å². The van der Waals surface area contributed by atoms with Gasteiger partial charge in [0.25, 0.3) is 0 Å². The molecule has 0 saturated carbocycles. The van der Waals surface area contributed by atoms with Crippen molar-refractivity contribution in [3.8, 4) is 17.3 Å². The number of carbonyl (C=O) groups is 1. The number of nitrogens with zero attached hydrogens (tertiary/aromatic N) is 2. The number of Topliss-reactive ketones (excluding diaryl/α,β-unsaturated/α-hetero) is 1. The molecule has 0 atom stereocenters. The maximum atomic E-state index is 12.8. The van der Waals surface area contributed by atoms with Crippen LogP contribution in [-0.4, -0.2) is 5.78 Å². The van der Waals surface area contributed by atoms with Gasteiger partial charge in [-0.25, -0.2) is 0 Å². The molecule has 27 heavy (non-hydrogen) atoms. The second-order valence-corrected chi connectivity index (χ2v) is 6.36. The number of aromatic nitrogens is 1. The quantitative estimate of drug-likeness (QED) is 0.401. The number of benzene rings is 3. The summed E-state index contributed by atoms with van der Waals surface area (Å²) in [4.78, 5) is 12.8. The fourth-order valence-corrected chi connectivity index (χ4v) is 3.28. The van der Waals surface area contributed by atoms with E-state index in [1.165, 1.54) is 0 Å². The highest BCUT2D eigenvalue weighted by atomic mass is 16.1. The monoisotopic (exact) mass is 349 g/mol. The summed E-state index contributed by atoms with van der Waals surface area (Å²) in [5.74, 6) is 0.0609. The third-order valence-corrected chi connectivity index (χ3v) is 4.63. The van der Waals surface area contributed by atoms with Crippen LogP contribution in [0.2, 0.25) is 0 Å². The molecule has 128 valence electrons. The lowest BCUT2D eigenvalue weighted by Crippen LogP contribution is -2.40.